The molecule has 0 aliphatic carbocycles. The second kappa shape index (κ2) is 9.56. The molecule has 7 nitrogen and oxygen atoms in total. The fourth-order valence-electron chi connectivity index (χ4n) is 2.98. The zero-order chi connectivity index (χ0) is 23.5. The van der Waals surface area contributed by atoms with Gasteiger partial charge in [-0.1, -0.05) is 24.9 Å². The van der Waals surface area contributed by atoms with Gasteiger partial charge in [0.1, 0.15) is 11.0 Å². The van der Waals surface area contributed by atoms with E-state index in [1.807, 2.05) is 0 Å². The molecule has 32 heavy (non-hydrogen) atoms. The first kappa shape index (κ1) is 23.5. The molecule has 3 rings (SSSR count). The number of nitrogens with one attached hydrogen (secondary N) is 1. The van der Waals surface area contributed by atoms with Crippen LogP contribution in [-0.2, 0) is 17.5 Å². The van der Waals surface area contributed by atoms with Gasteiger partial charge in [0.15, 0.2) is 5.82 Å². The Kier molecular flexibility index (Phi) is 7.02. The number of anilines is 1. The number of hydrogen-bond donors (Lipinski definition) is 1. The van der Waals surface area contributed by atoms with Crippen molar-refractivity contribution in [3.63, 3.8) is 0 Å². The van der Waals surface area contributed by atoms with E-state index in [1.54, 1.807) is 30.7 Å². The van der Waals surface area contributed by atoms with E-state index in [0.717, 1.165) is 25.1 Å². The van der Waals surface area contributed by atoms with Gasteiger partial charge in [-0.05, 0) is 38.5 Å². The molecule has 1 N–H and O–H groups in total. The van der Waals surface area contributed by atoms with Gasteiger partial charge >= 0.3 is 6.18 Å². The molecule has 0 radical (unpaired) electrons. The molecule has 3 heterocycles. The number of unbranched alkanes of at least 4 members (excludes halogenated alkanes) is 1. The van der Waals surface area contributed by atoms with Gasteiger partial charge in [0.05, 0.1) is 17.0 Å². The fourth-order valence-corrected chi connectivity index (χ4v) is 3.30. The highest BCUT2D eigenvalue weighted by atomic mass is 35.5. The maximum absolute atomic E-state index is 12.8. The highest BCUT2D eigenvalue weighted by molar-refractivity contribution is 6.31. The largest absolute Gasteiger partial charge is 0.417 e. The van der Waals surface area contributed by atoms with Crippen molar-refractivity contribution in [2.24, 2.45) is 0 Å². The molecule has 0 aliphatic heterocycles. The molecule has 0 saturated heterocycles. The van der Waals surface area contributed by atoms with Crippen LogP contribution in [0.4, 0.5) is 19.0 Å². The summed E-state index contributed by atoms with van der Waals surface area (Å²) in [5, 5.41) is 11.7. The molecule has 3 aromatic rings. The van der Waals surface area contributed by atoms with Crippen molar-refractivity contribution in [3.8, 4) is 5.82 Å². The van der Waals surface area contributed by atoms with Crippen LogP contribution in [0.3, 0.4) is 0 Å². The smallest absolute Gasteiger partial charge is 0.307 e. The SMILES string of the molecule is CCCCn1nc(C)c(/C=C/C(=O)Nc2cc(C)nn2-c2ccc(C(F)(F)F)cn2)c1Cl. The van der Waals surface area contributed by atoms with Gasteiger partial charge in [-0.2, -0.15) is 28.1 Å². The van der Waals surface area contributed by atoms with E-state index in [1.165, 1.54) is 16.8 Å². The number of nitrogens with zero attached hydrogens (tertiary/aromatic N) is 5. The lowest BCUT2D eigenvalue weighted by atomic mass is 10.2. The van der Waals surface area contributed by atoms with Crippen molar-refractivity contribution in [2.75, 3.05) is 5.32 Å². The molecule has 0 spiro atoms. The average Bonchev–Trinajstić information content (AvgIpc) is 3.22. The van der Waals surface area contributed by atoms with Crippen LogP contribution in [0.15, 0.2) is 30.5 Å². The second-order valence-electron chi connectivity index (χ2n) is 7.17. The number of amides is 1. The Morgan fingerprint density at radius 1 is 1.25 bits per heavy atom. The number of aromatic nitrogens is 5. The molecule has 0 fully saturated rings. The van der Waals surface area contributed by atoms with E-state index in [2.05, 4.69) is 27.4 Å². The lowest BCUT2D eigenvalue weighted by Crippen LogP contribution is -2.13. The van der Waals surface area contributed by atoms with Crippen molar-refractivity contribution in [3.05, 3.63) is 58.1 Å². The minimum absolute atomic E-state index is 0.140. The zero-order valence-electron chi connectivity index (χ0n) is 17.7. The van der Waals surface area contributed by atoms with Crippen LogP contribution in [0, 0.1) is 13.8 Å². The highest BCUT2D eigenvalue weighted by Crippen LogP contribution is 2.29. The molecule has 11 heteroatoms. The summed E-state index contributed by atoms with van der Waals surface area (Å²) < 4.78 is 41.3. The number of alkyl halides is 3. The third-order valence-corrected chi connectivity index (χ3v) is 5.01. The van der Waals surface area contributed by atoms with Gasteiger partial charge in [-0.3, -0.25) is 9.48 Å². The quantitative estimate of drug-likeness (QED) is 0.485. The maximum Gasteiger partial charge on any atom is 0.417 e. The van der Waals surface area contributed by atoms with Crippen LogP contribution >= 0.6 is 11.6 Å². The van der Waals surface area contributed by atoms with Crippen LogP contribution in [-0.4, -0.2) is 30.5 Å². The Bertz CT molecular complexity index is 1130. The summed E-state index contributed by atoms with van der Waals surface area (Å²) in [6, 6.07) is 3.69. The third kappa shape index (κ3) is 5.37. The van der Waals surface area contributed by atoms with Gasteiger partial charge < -0.3 is 5.32 Å². The van der Waals surface area contributed by atoms with Crippen LogP contribution in [0.5, 0.6) is 0 Å². The van der Waals surface area contributed by atoms with Gasteiger partial charge in [0.25, 0.3) is 0 Å². The van der Waals surface area contributed by atoms with Crippen LogP contribution in [0.25, 0.3) is 11.9 Å². The fraction of sp³-hybridized carbons (Fsp3) is 0.333. The van der Waals surface area contributed by atoms with Crippen molar-refractivity contribution in [2.45, 2.75) is 46.3 Å². The second-order valence-corrected chi connectivity index (χ2v) is 7.53. The van der Waals surface area contributed by atoms with Crippen LogP contribution in [0.2, 0.25) is 5.15 Å². The Morgan fingerprint density at radius 3 is 2.62 bits per heavy atom. The highest BCUT2D eigenvalue weighted by Gasteiger charge is 2.30. The Morgan fingerprint density at radius 2 is 2.00 bits per heavy atom. The van der Waals surface area contributed by atoms with Gasteiger partial charge in [-0.15, -0.1) is 0 Å². The standard InChI is InChI=1S/C21H22ClF3N6O/c1-4-5-10-30-20(22)16(14(3)29-30)7-9-19(32)27-18-11-13(2)28-31(18)17-8-6-15(12-26-17)21(23,24)25/h6-9,11-12H,4-5,10H2,1-3H3,(H,27,32)/b9-7+. The summed E-state index contributed by atoms with van der Waals surface area (Å²) in [5.41, 5.74) is 1.03. The Hall–Kier alpha value is -3.14. The number of carbonyl (C=O) groups excluding carboxylic acids is 1. The molecular weight excluding hydrogens is 445 g/mol. The van der Waals surface area contributed by atoms with Crippen LogP contribution < -0.4 is 5.32 Å². The molecule has 0 unspecified atom stereocenters. The first-order chi connectivity index (χ1) is 15.1. The van der Waals surface area contributed by atoms with E-state index in [4.69, 9.17) is 11.6 Å². The predicted molar refractivity (Wildman–Crippen MR) is 116 cm³/mol. The summed E-state index contributed by atoms with van der Waals surface area (Å²) in [6.45, 7) is 6.26. The van der Waals surface area contributed by atoms with Crippen molar-refractivity contribution in [1.29, 1.82) is 0 Å². The minimum Gasteiger partial charge on any atom is -0.307 e. The number of carbonyl (C=O) groups is 1. The lowest BCUT2D eigenvalue weighted by molar-refractivity contribution is -0.137. The average molecular weight is 467 g/mol. The number of rotatable bonds is 7. The topological polar surface area (TPSA) is 77.6 Å². The molecule has 0 bridgehead atoms. The molecule has 0 aliphatic rings. The molecule has 3 aromatic heterocycles. The van der Waals surface area contributed by atoms with Gasteiger partial charge in [0.2, 0.25) is 5.91 Å². The molecule has 170 valence electrons. The monoisotopic (exact) mass is 466 g/mol. The molecule has 1 amide bonds. The summed E-state index contributed by atoms with van der Waals surface area (Å²) in [7, 11) is 0. The van der Waals surface area contributed by atoms with Gasteiger partial charge in [0, 0.05) is 30.4 Å². The van der Waals surface area contributed by atoms with Crippen LogP contribution in [0.1, 0.15) is 42.3 Å². The first-order valence-electron chi connectivity index (χ1n) is 9.92. The summed E-state index contributed by atoms with van der Waals surface area (Å²) >= 11 is 6.38. The number of pyridine rings is 1. The minimum atomic E-state index is -4.49. The zero-order valence-corrected chi connectivity index (χ0v) is 18.5. The summed E-state index contributed by atoms with van der Waals surface area (Å²) in [4.78, 5) is 16.3. The maximum atomic E-state index is 12.8. The van der Waals surface area contributed by atoms with E-state index in [0.29, 0.717) is 28.6 Å². The first-order valence-corrected chi connectivity index (χ1v) is 10.3. The number of halogens is 4. The molecule has 0 saturated carbocycles. The predicted octanol–water partition coefficient (Wildman–Crippen LogP) is 5.20. The number of hydrogen-bond acceptors (Lipinski definition) is 4. The van der Waals surface area contributed by atoms with E-state index < -0.39 is 17.6 Å². The normalized spacial score (nSPS) is 12.0. The van der Waals surface area contributed by atoms with Crippen molar-refractivity contribution in [1.82, 2.24) is 24.5 Å². The molecule has 0 aromatic carbocycles. The van der Waals surface area contributed by atoms with Crippen molar-refractivity contribution < 1.29 is 18.0 Å². The van der Waals surface area contributed by atoms with E-state index in [9.17, 15) is 18.0 Å². The van der Waals surface area contributed by atoms with E-state index in [-0.39, 0.29) is 11.6 Å². The number of aryl methyl sites for hydroxylation is 3. The molecule has 0 atom stereocenters. The Labute approximate surface area is 187 Å². The van der Waals surface area contributed by atoms with Crippen molar-refractivity contribution >= 4 is 29.4 Å². The molecular formula is C21H22ClF3N6O. The third-order valence-electron chi connectivity index (χ3n) is 4.61. The summed E-state index contributed by atoms with van der Waals surface area (Å²) in [6.07, 6.45) is 1.06. The van der Waals surface area contributed by atoms with E-state index >= 15 is 0 Å². The lowest BCUT2D eigenvalue weighted by Gasteiger charge is -2.09. The Balaban J connectivity index is 1.78. The summed E-state index contributed by atoms with van der Waals surface area (Å²) in [5.74, 6) is -0.0535. The van der Waals surface area contributed by atoms with Gasteiger partial charge in [-0.25, -0.2) is 4.98 Å².